The molecule has 0 aromatic carbocycles. The van der Waals surface area contributed by atoms with E-state index in [-0.39, 0.29) is 76.7 Å². The van der Waals surface area contributed by atoms with Gasteiger partial charge in [-0.2, -0.15) is 0 Å². The van der Waals surface area contributed by atoms with Crippen LogP contribution < -0.4 is 0 Å². The second-order valence-electron chi connectivity index (χ2n) is 12.8. The standard InChI is InChI=1S/C30H46O8/c1-17(31)36-22-12-13-29(4)21(14-22)15-25(37-18(2)32)28-23-11-10-20(8-7-9-27(34)35-6)30(23,5)26(16-24(28)29)38-19(3)33/h20-26,28H,7-16H2,1-6H3/t20-,21-,22+,23-,24?,25+,26-,28?,29-,30+/m0/s1. The molecule has 0 amide bonds. The van der Waals surface area contributed by atoms with E-state index in [0.717, 1.165) is 57.8 Å². The van der Waals surface area contributed by atoms with Crippen molar-refractivity contribution >= 4 is 23.9 Å². The molecule has 8 heteroatoms. The minimum Gasteiger partial charge on any atom is -0.469 e. The Bertz CT molecular complexity index is 931. The molecule has 4 aliphatic rings. The van der Waals surface area contributed by atoms with E-state index in [0.29, 0.717) is 12.3 Å². The maximum atomic E-state index is 12.4. The van der Waals surface area contributed by atoms with E-state index in [2.05, 4.69) is 13.8 Å². The summed E-state index contributed by atoms with van der Waals surface area (Å²) in [4.78, 5) is 48.1. The first-order chi connectivity index (χ1) is 17.9. The van der Waals surface area contributed by atoms with E-state index in [1.54, 1.807) is 0 Å². The molecule has 0 radical (unpaired) electrons. The Labute approximate surface area is 226 Å². The summed E-state index contributed by atoms with van der Waals surface area (Å²) in [7, 11) is 1.42. The third kappa shape index (κ3) is 5.33. The minimum atomic E-state index is -0.263. The summed E-state index contributed by atoms with van der Waals surface area (Å²) in [6.45, 7) is 9.07. The fourth-order valence-corrected chi connectivity index (χ4v) is 9.34. The molecule has 4 saturated carbocycles. The lowest BCUT2D eigenvalue weighted by atomic mass is 9.43. The zero-order valence-electron chi connectivity index (χ0n) is 24.0. The highest BCUT2D eigenvalue weighted by atomic mass is 16.6. The smallest absolute Gasteiger partial charge is 0.305 e. The van der Waals surface area contributed by atoms with E-state index < -0.39 is 0 Å². The monoisotopic (exact) mass is 534 g/mol. The molecule has 0 saturated heterocycles. The zero-order valence-corrected chi connectivity index (χ0v) is 24.0. The van der Waals surface area contributed by atoms with Crippen LogP contribution in [0, 0.1) is 40.4 Å². The largest absolute Gasteiger partial charge is 0.469 e. The number of esters is 4. The molecule has 4 fully saturated rings. The van der Waals surface area contributed by atoms with Crippen LogP contribution in [-0.2, 0) is 38.1 Å². The van der Waals surface area contributed by atoms with Gasteiger partial charge in [-0.1, -0.05) is 13.8 Å². The molecule has 0 spiro atoms. The van der Waals surface area contributed by atoms with Gasteiger partial charge in [-0.05, 0) is 86.9 Å². The zero-order chi connectivity index (χ0) is 27.8. The van der Waals surface area contributed by atoms with Crippen molar-refractivity contribution in [3.8, 4) is 0 Å². The average molecular weight is 535 g/mol. The van der Waals surface area contributed by atoms with Crippen LogP contribution in [0.1, 0.15) is 98.8 Å². The third-order valence-corrected chi connectivity index (χ3v) is 11.0. The molecule has 38 heavy (non-hydrogen) atoms. The fraction of sp³-hybridized carbons (Fsp3) is 0.867. The molecule has 4 rings (SSSR count). The quantitative estimate of drug-likeness (QED) is 0.332. The lowest BCUT2D eigenvalue weighted by Crippen LogP contribution is -2.63. The van der Waals surface area contributed by atoms with Crippen LogP contribution in [0.3, 0.4) is 0 Å². The predicted molar refractivity (Wildman–Crippen MR) is 139 cm³/mol. The first kappa shape index (κ1) is 28.9. The summed E-state index contributed by atoms with van der Waals surface area (Å²) in [6, 6.07) is 0. The molecule has 0 bridgehead atoms. The van der Waals surface area contributed by atoms with E-state index in [4.69, 9.17) is 18.9 Å². The summed E-state index contributed by atoms with van der Waals surface area (Å²) in [5, 5.41) is 0. The number of hydrogen-bond donors (Lipinski definition) is 0. The topological polar surface area (TPSA) is 105 Å². The van der Waals surface area contributed by atoms with Gasteiger partial charge in [0.05, 0.1) is 7.11 Å². The highest BCUT2D eigenvalue weighted by molar-refractivity contribution is 5.69. The molecule has 214 valence electrons. The minimum absolute atomic E-state index is 0.0132. The van der Waals surface area contributed by atoms with Crippen LogP contribution in [0.5, 0.6) is 0 Å². The van der Waals surface area contributed by atoms with E-state index in [1.807, 2.05) is 0 Å². The Morgan fingerprint density at radius 3 is 2.13 bits per heavy atom. The average Bonchev–Trinajstić information content (AvgIpc) is 3.16. The molecule has 0 heterocycles. The number of hydrogen-bond acceptors (Lipinski definition) is 8. The van der Waals surface area contributed by atoms with Crippen molar-refractivity contribution in [3.05, 3.63) is 0 Å². The van der Waals surface area contributed by atoms with E-state index >= 15 is 0 Å². The van der Waals surface area contributed by atoms with Gasteiger partial charge in [0, 0.05) is 38.5 Å². The third-order valence-electron chi connectivity index (χ3n) is 11.0. The van der Waals surface area contributed by atoms with Crippen LogP contribution in [0.2, 0.25) is 0 Å². The Morgan fingerprint density at radius 2 is 1.50 bits per heavy atom. The Kier molecular flexibility index (Phi) is 8.49. The van der Waals surface area contributed by atoms with Crippen molar-refractivity contribution in [1.82, 2.24) is 0 Å². The highest BCUT2D eigenvalue weighted by Gasteiger charge is 2.67. The first-order valence-electron chi connectivity index (χ1n) is 14.5. The molecular formula is C30H46O8. The van der Waals surface area contributed by atoms with Crippen LogP contribution in [0.15, 0.2) is 0 Å². The predicted octanol–water partition coefficient (Wildman–Crippen LogP) is 5.00. The van der Waals surface area contributed by atoms with Gasteiger partial charge in [0.25, 0.3) is 0 Å². The van der Waals surface area contributed by atoms with Gasteiger partial charge in [0.2, 0.25) is 0 Å². The molecular weight excluding hydrogens is 488 g/mol. The van der Waals surface area contributed by atoms with Gasteiger partial charge in [0.15, 0.2) is 0 Å². The van der Waals surface area contributed by atoms with Crippen molar-refractivity contribution in [2.45, 2.75) is 117 Å². The maximum absolute atomic E-state index is 12.4. The molecule has 2 unspecified atom stereocenters. The Balaban J connectivity index is 1.67. The Morgan fingerprint density at radius 1 is 0.816 bits per heavy atom. The van der Waals surface area contributed by atoms with E-state index in [9.17, 15) is 19.2 Å². The summed E-state index contributed by atoms with van der Waals surface area (Å²) in [6.07, 6.45) is 7.50. The lowest BCUT2D eigenvalue weighted by molar-refractivity contribution is -0.222. The second-order valence-corrected chi connectivity index (χ2v) is 12.8. The Hall–Kier alpha value is -2.12. The van der Waals surface area contributed by atoms with Crippen LogP contribution in [0.4, 0.5) is 0 Å². The molecule has 8 nitrogen and oxygen atoms in total. The molecule has 10 atom stereocenters. The van der Waals surface area contributed by atoms with Crippen LogP contribution in [-0.4, -0.2) is 49.3 Å². The number of methoxy groups -OCH3 is 1. The van der Waals surface area contributed by atoms with E-state index in [1.165, 1.54) is 27.9 Å². The lowest BCUT2D eigenvalue weighted by Gasteiger charge is -2.64. The normalized spacial score (nSPS) is 41.6. The van der Waals surface area contributed by atoms with Crippen molar-refractivity contribution in [2.24, 2.45) is 40.4 Å². The maximum Gasteiger partial charge on any atom is 0.305 e. The van der Waals surface area contributed by atoms with Gasteiger partial charge in [-0.25, -0.2) is 0 Å². The molecule has 0 aromatic heterocycles. The molecule has 4 aliphatic carbocycles. The van der Waals surface area contributed by atoms with Crippen molar-refractivity contribution in [2.75, 3.05) is 7.11 Å². The number of rotatable bonds is 7. The number of fused-ring (bicyclic) bond motifs is 5. The van der Waals surface area contributed by atoms with Gasteiger partial charge in [-0.3, -0.25) is 19.2 Å². The fourth-order valence-electron chi connectivity index (χ4n) is 9.34. The second kappa shape index (κ2) is 11.2. The van der Waals surface area contributed by atoms with Crippen molar-refractivity contribution < 1.29 is 38.1 Å². The number of ether oxygens (including phenoxy) is 4. The summed E-state index contributed by atoms with van der Waals surface area (Å²) in [5.41, 5.74) is -0.264. The van der Waals surface area contributed by atoms with Gasteiger partial charge in [-0.15, -0.1) is 0 Å². The molecule has 0 N–H and O–H groups in total. The summed E-state index contributed by atoms with van der Waals surface area (Å²) >= 11 is 0. The van der Waals surface area contributed by atoms with Gasteiger partial charge < -0.3 is 18.9 Å². The van der Waals surface area contributed by atoms with Gasteiger partial charge in [0.1, 0.15) is 18.3 Å². The molecule has 0 aliphatic heterocycles. The molecule has 0 aromatic rings. The van der Waals surface area contributed by atoms with Gasteiger partial charge >= 0.3 is 23.9 Å². The van der Waals surface area contributed by atoms with Crippen LogP contribution in [0.25, 0.3) is 0 Å². The van der Waals surface area contributed by atoms with Crippen LogP contribution >= 0.6 is 0 Å². The first-order valence-corrected chi connectivity index (χ1v) is 14.5. The van der Waals surface area contributed by atoms with Crippen molar-refractivity contribution in [1.29, 1.82) is 0 Å². The number of carbonyl (C=O) groups is 4. The highest BCUT2D eigenvalue weighted by Crippen LogP contribution is 2.69. The summed E-state index contributed by atoms with van der Waals surface area (Å²) < 4.78 is 22.7. The summed E-state index contributed by atoms with van der Waals surface area (Å²) in [5.74, 6) is 0.265. The van der Waals surface area contributed by atoms with Crippen molar-refractivity contribution in [3.63, 3.8) is 0 Å². The number of carbonyl (C=O) groups excluding carboxylic acids is 4. The SMILES string of the molecule is COC(=O)CCC[C@H]1CC[C@H]2C3C(C[C@H](OC(C)=O)[C@]12C)[C@@]1(C)CC[C@@H](OC(C)=O)C[C@H]1C[C@H]3OC(C)=O.